The second-order valence-corrected chi connectivity index (χ2v) is 13.5. The number of benzene rings is 1. The van der Waals surface area contributed by atoms with E-state index in [1.807, 2.05) is 20.8 Å². The van der Waals surface area contributed by atoms with Gasteiger partial charge in [0.25, 0.3) is 10.0 Å². The topological polar surface area (TPSA) is 131 Å². The Morgan fingerprint density at radius 2 is 1.60 bits per heavy atom. The summed E-state index contributed by atoms with van der Waals surface area (Å²) in [6, 6.07) is 5.02. The molecule has 3 rings (SSSR count). The van der Waals surface area contributed by atoms with Gasteiger partial charge in [0.05, 0.1) is 9.79 Å². The third-order valence-corrected chi connectivity index (χ3v) is 8.77. The van der Waals surface area contributed by atoms with E-state index in [-0.39, 0.29) is 27.6 Å². The lowest BCUT2D eigenvalue weighted by Gasteiger charge is -2.33. The number of likely N-dealkylation sites (tertiary alicyclic amines) is 1. The highest BCUT2D eigenvalue weighted by molar-refractivity contribution is 7.92. The molecule has 1 amide bonds. The fourth-order valence-corrected chi connectivity index (χ4v) is 5.70. The lowest BCUT2D eigenvalue weighted by molar-refractivity contribution is 0.0205. The smallest absolute Gasteiger partial charge is 0.410 e. The summed E-state index contributed by atoms with van der Waals surface area (Å²) in [5.41, 5.74) is 0.170. The Labute approximate surface area is 207 Å². The molecule has 1 N–H and O–H groups in total. The third kappa shape index (κ3) is 6.33. The zero-order valence-electron chi connectivity index (χ0n) is 20.8. The molecule has 1 aromatic heterocycles. The fourth-order valence-electron chi connectivity index (χ4n) is 3.77. The molecule has 11 nitrogen and oxygen atoms in total. The molecule has 35 heavy (non-hydrogen) atoms. The van der Waals surface area contributed by atoms with E-state index in [9.17, 15) is 21.6 Å². The van der Waals surface area contributed by atoms with Gasteiger partial charge < -0.3 is 9.64 Å². The molecule has 0 unspecified atom stereocenters. The number of aromatic nitrogens is 2. The molecule has 1 aromatic carbocycles. The van der Waals surface area contributed by atoms with E-state index < -0.39 is 25.6 Å². The van der Waals surface area contributed by atoms with E-state index in [1.165, 1.54) is 38.4 Å². The predicted octanol–water partition coefficient (Wildman–Crippen LogP) is 2.59. The van der Waals surface area contributed by atoms with E-state index in [0.29, 0.717) is 25.9 Å². The number of carbonyl (C=O) groups excluding carboxylic acids is 1. The molecule has 1 fully saturated rings. The number of anilines is 1. The number of ether oxygens (including phenoxy) is 1. The number of nitrogens with one attached hydrogen (secondary N) is 1. The average Bonchev–Trinajstić information content (AvgIpc) is 3.11. The van der Waals surface area contributed by atoms with Gasteiger partial charge >= 0.3 is 6.09 Å². The molecule has 2 heterocycles. The maximum Gasteiger partial charge on any atom is 0.410 e. The van der Waals surface area contributed by atoms with Gasteiger partial charge in [-0.3, -0.25) is 9.40 Å². The van der Waals surface area contributed by atoms with Gasteiger partial charge in [-0.1, -0.05) is 0 Å². The van der Waals surface area contributed by atoms with Crippen LogP contribution in [0, 0.1) is 0 Å². The molecule has 0 spiro atoms. The van der Waals surface area contributed by atoms with Gasteiger partial charge in [-0.15, -0.1) is 0 Å². The summed E-state index contributed by atoms with van der Waals surface area (Å²) in [6.07, 6.45) is 2.69. The van der Waals surface area contributed by atoms with Crippen molar-refractivity contribution >= 4 is 32.0 Å². The van der Waals surface area contributed by atoms with E-state index in [4.69, 9.17) is 4.74 Å². The Kier molecular flexibility index (Phi) is 7.53. The molecule has 194 valence electrons. The molecular formula is C22H33N5O6S2. The van der Waals surface area contributed by atoms with Crippen LogP contribution in [-0.4, -0.2) is 74.7 Å². The number of piperidine rings is 1. The van der Waals surface area contributed by atoms with E-state index in [0.717, 1.165) is 9.87 Å². The molecule has 1 aliphatic heterocycles. The summed E-state index contributed by atoms with van der Waals surface area (Å²) in [5.74, 6) is 0.223. The first-order chi connectivity index (χ1) is 16.1. The molecule has 0 saturated carbocycles. The summed E-state index contributed by atoms with van der Waals surface area (Å²) in [4.78, 5) is 13.9. The Bertz CT molecular complexity index is 1270. The van der Waals surface area contributed by atoms with Crippen molar-refractivity contribution < 1.29 is 26.4 Å². The number of amides is 1. The summed E-state index contributed by atoms with van der Waals surface area (Å²) < 4.78 is 61.1. The van der Waals surface area contributed by atoms with E-state index in [2.05, 4.69) is 9.82 Å². The number of hydrogen-bond donors (Lipinski definition) is 1. The van der Waals surface area contributed by atoms with Crippen LogP contribution >= 0.6 is 0 Å². The minimum absolute atomic E-state index is 0.00303. The standard InChI is InChI=1S/C22H33N5O6S2/c1-22(2,3)33-21(28)27-13-11-16(12-14-27)19-15-26(6)23-20(19)24-34(29,30)17-7-9-18(10-8-17)35(31,32)25(4)5/h7-10,15-16H,11-14H2,1-6H3,(H,23,24). The lowest BCUT2D eigenvalue weighted by atomic mass is 9.91. The lowest BCUT2D eigenvalue weighted by Crippen LogP contribution is -2.41. The van der Waals surface area contributed by atoms with Gasteiger partial charge in [-0.25, -0.2) is 25.9 Å². The molecule has 1 aliphatic rings. The van der Waals surface area contributed by atoms with Crippen molar-refractivity contribution in [2.75, 3.05) is 31.9 Å². The highest BCUT2D eigenvalue weighted by Crippen LogP contribution is 2.34. The number of carbonyl (C=O) groups is 1. The maximum absolute atomic E-state index is 13.0. The molecule has 0 radical (unpaired) electrons. The van der Waals surface area contributed by atoms with Crippen LogP contribution in [0.15, 0.2) is 40.3 Å². The van der Waals surface area contributed by atoms with Crippen molar-refractivity contribution in [1.29, 1.82) is 0 Å². The van der Waals surface area contributed by atoms with Gasteiger partial charge in [-0.05, 0) is 63.8 Å². The van der Waals surface area contributed by atoms with Gasteiger partial charge in [-0.2, -0.15) is 5.10 Å². The minimum Gasteiger partial charge on any atom is -0.444 e. The maximum atomic E-state index is 13.0. The molecule has 0 bridgehead atoms. The van der Waals surface area contributed by atoms with Crippen LogP contribution in [0.25, 0.3) is 0 Å². The van der Waals surface area contributed by atoms with Crippen LogP contribution < -0.4 is 4.72 Å². The van der Waals surface area contributed by atoms with Crippen molar-refractivity contribution in [2.45, 2.75) is 54.9 Å². The van der Waals surface area contributed by atoms with Crippen molar-refractivity contribution in [2.24, 2.45) is 7.05 Å². The first-order valence-corrected chi connectivity index (χ1v) is 14.1. The van der Waals surface area contributed by atoms with Crippen molar-refractivity contribution in [3.63, 3.8) is 0 Å². The van der Waals surface area contributed by atoms with Crippen LogP contribution in [-0.2, 0) is 31.8 Å². The number of aryl methyl sites for hydroxylation is 1. The van der Waals surface area contributed by atoms with E-state index in [1.54, 1.807) is 22.8 Å². The molecule has 2 aromatic rings. The Balaban J connectivity index is 1.75. The molecule has 13 heteroatoms. The molecule has 0 atom stereocenters. The van der Waals surface area contributed by atoms with Gasteiger partial charge in [0.15, 0.2) is 5.82 Å². The largest absolute Gasteiger partial charge is 0.444 e. The van der Waals surface area contributed by atoms with Crippen LogP contribution in [0.4, 0.5) is 10.6 Å². The number of sulfonamides is 2. The average molecular weight is 528 g/mol. The van der Waals surface area contributed by atoms with Crippen LogP contribution in [0.3, 0.4) is 0 Å². The summed E-state index contributed by atoms with van der Waals surface area (Å²) in [6.45, 7) is 6.44. The number of hydrogen-bond acceptors (Lipinski definition) is 7. The second-order valence-electron chi connectivity index (χ2n) is 9.71. The van der Waals surface area contributed by atoms with E-state index >= 15 is 0 Å². The highest BCUT2D eigenvalue weighted by Gasteiger charge is 2.30. The normalized spacial score (nSPS) is 15.9. The molecular weight excluding hydrogens is 494 g/mol. The quantitative estimate of drug-likeness (QED) is 0.611. The number of rotatable bonds is 6. The monoisotopic (exact) mass is 527 g/mol. The van der Waals surface area contributed by atoms with Crippen molar-refractivity contribution in [3.8, 4) is 0 Å². The van der Waals surface area contributed by atoms with Crippen molar-refractivity contribution in [3.05, 3.63) is 36.0 Å². The Morgan fingerprint density at radius 1 is 1.06 bits per heavy atom. The fraction of sp³-hybridized carbons (Fsp3) is 0.545. The van der Waals surface area contributed by atoms with Crippen LogP contribution in [0.5, 0.6) is 0 Å². The molecule has 0 aliphatic carbocycles. The Hall–Kier alpha value is -2.64. The first-order valence-electron chi connectivity index (χ1n) is 11.2. The number of nitrogens with zero attached hydrogens (tertiary/aromatic N) is 4. The SMILES string of the molecule is CN(C)S(=O)(=O)c1ccc(S(=O)(=O)Nc2nn(C)cc2C2CCN(C(=O)OC(C)(C)C)CC2)cc1. The zero-order chi connectivity index (χ0) is 26.2. The second kappa shape index (κ2) is 9.78. The van der Waals surface area contributed by atoms with Gasteiger partial charge in [0.2, 0.25) is 10.0 Å². The Morgan fingerprint density at radius 3 is 2.11 bits per heavy atom. The van der Waals surface area contributed by atoms with Crippen LogP contribution in [0.1, 0.15) is 45.1 Å². The van der Waals surface area contributed by atoms with Crippen LogP contribution in [0.2, 0.25) is 0 Å². The zero-order valence-corrected chi connectivity index (χ0v) is 22.5. The predicted molar refractivity (Wildman–Crippen MR) is 131 cm³/mol. The summed E-state index contributed by atoms with van der Waals surface area (Å²) in [7, 11) is -3.16. The minimum atomic E-state index is -4.01. The van der Waals surface area contributed by atoms with Gasteiger partial charge in [0, 0.05) is 46.0 Å². The third-order valence-electron chi connectivity index (χ3n) is 5.59. The summed E-state index contributed by atoms with van der Waals surface area (Å²) in [5, 5.41) is 4.30. The highest BCUT2D eigenvalue weighted by atomic mass is 32.2. The van der Waals surface area contributed by atoms with Crippen molar-refractivity contribution in [1.82, 2.24) is 19.0 Å². The first kappa shape index (κ1) is 27.0. The van der Waals surface area contributed by atoms with Gasteiger partial charge in [0.1, 0.15) is 5.60 Å². The molecule has 1 saturated heterocycles. The summed E-state index contributed by atoms with van der Waals surface area (Å²) >= 11 is 0.